The van der Waals surface area contributed by atoms with Gasteiger partial charge >= 0.3 is 0 Å². The van der Waals surface area contributed by atoms with Crippen molar-refractivity contribution in [1.82, 2.24) is 14.9 Å². The maximum absolute atomic E-state index is 13.9. The predicted molar refractivity (Wildman–Crippen MR) is 117 cm³/mol. The summed E-state index contributed by atoms with van der Waals surface area (Å²) in [5.41, 5.74) is -1.73. The summed E-state index contributed by atoms with van der Waals surface area (Å²) in [7, 11) is 3.04. The first kappa shape index (κ1) is 25.1. The zero-order valence-corrected chi connectivity index (χ0v) is 18.8. The predicted octanol–water partition coefficient (Wildman–Crippen LogP) is 0.796. The van der Waals surface area contributed by atoms with E-state index < -0.39 is 40.2 Å². The Morgan fingerprint density at radius 2 is 1.88 bits per heavy atom. The van der Waals surface area contributed by atoms with E-state index in [0.29, 0.717) is 25.6 Å². The lowest BCUT2D eigenvalue weighted by Gasteiger charge is -2.39. The van der Waals surface area contributed by atoms with Gasteiger partial charge in [-0.15, -0.1) is 0 Å². The second-order valence-corrected chi connectivity index (χ2v) is 7.61. The van der Waals surface area contributed by atoms with Crippen LogP contribution in [0.3, 0.4) is 0 Å². The molecule has 2 aromatic rings. The second kappa shape index (κ2) is 11.1. The van der Waals surface area contributed by atoms with Crippen molar-refractivity contribution in [3.05, 3.63) is 63.1 Å². The number of nitrogens with zero attached hydrogens (tertiary/aromatic N) is 3. The Bertz CT molecular complexity index is 1120. The van der Waals surface area contributed by atoms with Gasteiger partial charge in [0.2, 0.25) is 5.43 Å². The molecule has 0 saturated carbocycles. The Morgan fingerprint density at radius 3 is 2.56 bits per heavy atom. The number of benzene rings is 1. The molecule has 3 rings (SSSR count). The number of pyridine rings is 1. The van der Waals surface area contributed by atoms with E-state index in [1.165, 1.54) is 28.9 Å². The van der Waals surface area contributed by atoms with Crippen LogP contribution in [-0.2, 0) is 16.0 Å². The molecule has 0 aliphatic carbocycles. The summed E-state index contributed by atoms with van der Waals surface area (Å²) in [6.45, 7) is 1.12. The van der Waals surface area contributed by atoms with E-state index in [0.717, 1.165) is 6.07 Å². The summed E-state index contributed by atoms with van der Waals surface area (Å²) in [4.78, 5) is 39.9. The van der Waals surface area contributed by atoms with Gasteiger partial charge in [0.1, 0.15) is 23.9 Å². The fourth-order valence-corrected chi connectivity index (χ4v) is 3.53. The molecule has 2 heterocycles. The topological polar surface area (TPSA) is 113 Å². The quantitative estimate of drug-likeness (QED) is 0.484. The average Bonchev–Trinajstić information content (AvgIpc) is 2.81. The van der Waals surface area contributed by atoms with E-state index >= 15 is 0 Å². The van der Waals surface area contributed by atoms with Gasteiger partial charge < -0.3 is 24.8 Å². The van der Waals surface area contributed by atoms with Crippen molar-refractivity contribution in [1.29, 1.82) is 0 Å². The number of aromatic nitrogens is 1. The van der Waals surface area contributed by atoms with Gasteiger partial charge in [-0.05, 0) is 12.5 Å². The average molecular weight is 480 g/mol. The van der Waals surface area contributed by atoms with Crippen molar-refractivity contribution in [2.75, 3.05) is 52.2 Å². The summed E-state index contributed by atoms with van der Waals surface area (Å²) in [5.74, 6) is -3.95. The largest absolute Gasteiger partial charge is 0.502 e. The molecule has 2 N–H and O–H groups in total. The van der Waals surface area contributed by atoms with E-state index in [2.05, 4.69) is 5.32 Å². The third kappa shape index (κ3) is 5.34. The van der Waals surface area contributed by atoms with Crippen LogP contribution in [0.2, 0.25) is 0 Å². The van der Waals surface area contributed by atoms with Crippen LogP contribution in [0.4, 0.5) is 8.78 Å². The van der Waals surface area contributed by atoms with Crippen LogP contribution in [0.25, 0.3) is 0 Å². The molecule has 1 aliphatic heterocycles. The number of rotatable bonds is 10. The highest BCUT2D eigenvalue weighted by Crippen LogP contribution is 2.21. The van der Waals surface area contributed by atoms with E-state index in [1.807, 2.05) is 0 Å². The lowest BCUT2D eigenvalue weighted by Crippen LogP contribution is -2.55. The summed E-state index contributed by atoms with van der Waals surface area (Å²) in [6.07, 6.45) is 1.74. The minimum absolute atomic E-state index is 0.0159. The molecule has 0 radical (unpaired) electrons. The Balaban J connectivity index is 1.92. The molecule has 0 spiro atoms. The van der Waals surface area contributed by atoms with Crippen molar-refractivity contribution in [2.45, 2.75) is 13.0 Å². The van der Waals surface area contributed by atoms with E-state index in [1.54, 1.807) is 12.1 Å². The van der Waals surface area contributed by atoms with Gasteiger partial charge in [-0.25, -0.2) is 8.78 Å². The van der Waals surface area contributed by atoms with Crippen molar-refractivity contribution in [3.63, 3.8) is 0 Å². The highest BCUT2D eigenvalue weighted by Gasteiger charge is 2.34. The smallest absolute Gasteiger partial charge is 0.277 e. The number of amides is 2. The van der Waals surface area contributed by atoms with Crippen molar-refractivity contribution in [2.24, 2.45) is 0 Å². The molecular formula is C22H26F2N4O6. The molecule has 0 saturated heterocycles. The van der Waals surface area contributed by atoms with Gasteiger partial charge in [-0.1, -0.05) is 6.07 Å². The highest BCUT2D eigenvalue weighted by atomic mass is 19.1. The lowest BCUT2D eigenvalue weighted by molar-refractivity contribution is 0.0619. The number of hydrogen-bond donors (Lipinski definition) is 2. The minimum Gasteiger partial charge on any atom is -0.502 e. The van der Waals surface area contributed by atoms with Gasteiger partial charge in [-0.2, -0.15) is 0 Å². The van der Waals surface area contributed by atoms with Crippen LogP contribution in [0.5, 0.6) is 5.75 Å². The first-order valence-electron chi connectivity index (χ1n) is 10.5. The van der Waals surface area contributed by atoms with Gasteiger partial charge in [0.15, 0.2) is 11.4 Å². The minimum atomic E-state index is -1.04. The van der Waals surface area contributed by atoms with Crippen LogP contribution < -0.4 is 15.8 Å². The van der Waals surface area contributed by atoms with Gasteiger partial charge in [-0.3, -0.25) is 24.1 Å². The zero-order chi connectivity index (χ0) is 24.8. The Labute approximate surface area is 194 Å². The molecule has 10 nitrogen and oxygen atoms in total. The number of fused-ring (bicyclic) bond motifs is 1. The van der Waals surface area contributed by atoms with Crippen molar-refractivity contribution < 1.29 is 33.0 Å². The Morgan fingerprint density at radius 1 is 1.15 bits per heavy atom. The molecule has 12 heteroatoms. The van der Waals surface area contributed by atoms with Crippen molar-refractivity contribution in [3.8, 4) is 5.75 Å². The number of carbonyl (C=O) groups is 2. The number of nitrogens with one attached hydrogen (secondary N) is 1. The molecule has 2 amide bonds. The summed E-state index contributed by atoms with van der Waals surface area (Å²) in [5, 5.41) is 14.7. The van der Waals surface area contributed by atoms with E-state index in [4.69, 9.17) is 9.47 Å². The van der Waals surface area contributed by atoms with Gasteiger partial charge in [0.05, 0.1) is 6.61 Å². The molecular weight excluding hydrogens is 454 g/mol. The second-order valence-electron chi connectivity index (χ2n) is 7.61. The standard InChI is InChI=1S/C22H26F2N4O6/c1-33-8-3-6-27-13-26(7-9-34-2)22(32)18-20(30)19(29)16(12-28(18)27)21(31)25-11-14-4-5-15(23)10-17(14)24/h4-5,10,12,30H,3,6-9,11,13H2,1-2H3,(H,25,31). The number of halogens is 2. The summed E-state index contributed by atoms with van der Waals surface area (Å²) < 4.78 is 38.4. The summed E-state index contributed by atoms with van der Waals surface area (Å²) >= 11 is 0. The molecule has 1 aromatic heterocycles. The van der Waals surface area contributed by atoms with Crippen LogP contribution in [0, 0.1) is 11.6 Å². The van der Waals surface area contributed by atoms with E-state index in [9.17, 15) is 28.3 Å². The third-order valence-corrected chi connectivity index (χ3v) is 5.32. The van der Waals surface area contributed by atoms with Gasteiger partial charge in [0.25, 0.3) is 11.8 Å². The molecule has 0 bridgehead atoms. The number of hydrogen-bond acceptors (Lipinski definition) is 7. The SMILES string of the molecule is COCCCN1CN(CCOC)C(=O)c2c(O)c(=O)c(C(=O)NCc3ccc(F)cc3F)cn21. The Kier molecular flexibility index (Phi) is 8.18. The lowest BCUT2D eigenvalue weighted by atomic mass is 10.1. The first-order valence-corrected chi connectivity index (χ1v) is 10.5. The number of methoxy groups -OCH3 is 2. The normalized spacial score (nSPS) is 13.2. The number of ether oxygens (including phenoxy) is 2. The first-order chi connectivity index (χ1) is 16.3. The third-order valence-electron chi connectivity index (χ3n) is 5.32. The molecule has 34 heavy (non-hydrogen) atoms. The van der Waals surface area contributed by atoms with E-state index in [-0.39, 0.29) is 37.6 Å². The Hall–Kier alpha value is -3.51. The van der Waals surface area contributed by atoms with Crippen molar-refractivity contribution >= 4 is 11.8 Å². The molecule has 184 valence electrons. The van der Waals surface area contributed by atoms with Crippen LogP contribution >= 0.6 is 0 Å². The molecule has 0 atom stereocenters. The molecule has 1 aliphatic rings. The monoisotopic (exact) mass is 480 g/mol. The maximum Gasteiger partial charge on any atom is 0.277 e. The fourth-order valence-electron chi connectivity index (χ4n) is 3.53. The maximum atomic E-state index is 13.9. The number of carbonyl (C=O) groups excluding carboxylic acids is 2. The van der Waals surface area contributed by atoms with Crippen LogP contribution in [0.1, 0.15) is 32.8 Å². The molecule has 0 unspecified atom stereocenters. The van der Waals surface area contributed by atoms with Crippen LogP contribution in [0.15, 0.2) is 29.2 Å². The van der Waals surface area contributed by atoms with Gasteiger partial charge in [0, 0.05) is 58.3 Å². The van der Waals surface area contributed by atoms with Crippen LogP contribution in [-0.4, -0.2) is 73.7 Å². The fraction of sp³-hybridized carbons (Fsp3) is 0.409. The highest BCUT2D eigenvalue weighted by molar-refractivity contribution is 5.99. The number of aromatic hydroxyl groups is 1. The molecule has 0 fully saturated rings. The molecule has 1 aromatic carbocycles. The zero-order valence-electron chi connectivity index (χ0n) is 18.8. The summed E-state index contributed by atoms with van der Waals surface area (Å²) in [6, 6.07) is 2.90.